The van der Waals surface area contributed by atoms with E-state index in [0.717, 1.165) is 27.3 Å². The third-order valence-corrected chi connectivity index (χ3v) is 3.30. The van der Waals surface area contributed by atoms with Gasteiger partial charge in [-0.2, -0.15) is 10.2 Å². The average Bonchev–Trinajstić information content (AvgIpc) is 2.86. The average molecular weight is 262 g/mol. The molecule has 3 N–H and O–H groups in total. The van der Waals surface area contributed by atoms with Crippen LogP contribution in [0.3, 0.4) is 0 Å². The van der Waals surface area contributed by atoms with Gasteiger partial charge in [0.25, 0.3) is 0 Å². The summed E-state index contributed by atoms with van der Waals surface area (Å²) in [5.41, 5.74) is 8.44. The topological polar surface area (TPSA) is 72.5 Å². The third-order valence-electron chi connectivity index (χ3n) is 2.93. The molecule has 0 amide bonds. The molecule has 0 atom stereocenters. The smallest absolute Gasteiger partial charge is 0.182 e. The lowest BCUT2D eigenvalue weighted by atomic mass is 10.2. The number of nitrogen functional groups attached to an aromatic ring is 1. The Bertz CT molecular complexity index is 712. The lowest BCUT2D eigenvalue weighted by molar-refractivity contribution is 0.692. The maximum absolute atomic E-state index is 6.14. The quantitative estimate of drug-likeness (QED) is 0.744. The van der Waals surface area contributed by atoms with Crippen LogP contribution < -0.4 is 5.73 Å². The Morgan fingerprint density at radius 2 is 2.17 bits per heavy atom. The van der Waals surface area contributed by atoms with Crippen molar-refractivity contribution in [2.75, 3.05) is 5.73 Å². The minimum absolute atomic E-state index is 0.549. The van der Waals surface area contributed by atoms with Crippen molar-refractivity contribution in [1.82, 2.24) is 20.0 Å². The molecule has 0 spiro atoms. The van der Waals surface area contributed by atoms with E-state index >= 15 is 0 Å². The molecule has 0 saturated heterocycles. The molecule has 0 aliphatic heterocycles. The maximum atomic E-state index is 6.14. The van der Waals surface area contributed by atoms with E-state index < -0.39 is 0 Å². The summed E-state index contributed by atoms with van der Waals surface area (Å²) in [7, 11) is 0. The predicted molar refractivity (Wildman–Crippen MR) is 71.6 cm³/mol. The highest BCUT2D eigenvalue weighted by molar-refractivity contribution is 6.31. The number of rotatable bonds is 2. The Kier molecular flexibility index (Phi) is 2.48. The number of hydrogen-bond donors (Lipinski definition) is 2. The van der Waals surface area contributed by atoms with E-state index in [4.69, 9.17) is 17.3 Å². The number of nitrogens with one attached hydrogen (secondary N) is 1. The molecule has 0 aliphatic carbocycles. The Labute approximate surface area is 109 Å². The predicted octanol–water partition coefficient (Wildman–Crippen LogP) is 2.35. The van der Waals surface area contributed by atoms with Crippen molar-refractivity contribution in [2.24, 2.45) is 0 Å². The Morgan fingerprint density at radius 1 is 1.39 bits per heavy atom. The minimum atomic E-state index is 0.549. The molecule has 5 nitrogen and oxygen atoms in total. The van der Waals surface area contributed by atoms with Gasteiger partial charge < -0.3 is 5.73 Å². The van der Waals surface area contributed by atoms with E-state index in [1.54, 1.807) is 4.68 Å². The first-order valence-electron chi connectivity index (χ1n) is 5.57. The number of anilines is 1. The van der Waals surface area contributed by atoms with Gasteiger partial charge in [0.05, 0.1) is 17.6 Å². The molecule has 0 fully saturated rings. The van der Waals surface area contributed by atoms with E-state index in [9.17, 15) is 0 Å². The summed E-state index contributed by atoms with van der Waals surface area (Å²) in [4.78, 5) is 0. The van der Waals surface area contributed by atoms with Gasteiger partial charge in [-0.1, -0.05) is 29.8 Å². The monoisotopic (exact) mass is 261 g/mol. The summed E-state index contributed by atoms with van der Waals surface area (Å²) >= 11 is 6.14. The van der Waals surface area contributed by atoms with Gasteiger partial charge in [-0.25, -0.2) is 4.68 Å². The van der Waals surface area contributed by atoms with Crippen LogP contribution in [0.25, 0.3) is 11.0 Å². The second-order valence-electron chi connectivity index (χ2n) is 4.17. The van der Waals surface area contributed by atoms with E-state index in [-0.39, 0.29) is 0 Å². The number of nitrogens with zero attached hydrogens (tertiary/aromatic N) is 3. The summed E-state index contributed by atoms with van der Waals surface area (Å²) in [6, 6.07) is 7.69. The van der Waals surface area contributed by atoms with Gasteiger partial charge in [-0.3, -0.25) is 5.10 Å². The van der Waals surface area contributed by atoms with Gasteiger partial charge >= 0.3 is 0 Å². The molecular weight excluding hydrogens is 250 g/mol. The molecule has 0 saturated carbocycles. The molecule has 0 radical (unpaired) electrons. The van der Waals surface area contributed by atoms with Gasteiger partial charge in [-0.05, 0) is 18.6 Å². The van der Waals surface area contributed by atoms with Gasteiger partial charge in [0, 0.05) is 5.02 Å². The zero-order chi connectivity index (χ0) is 12.7. The molecule has 2 aromatic heterocycles. The standard InChI is InChI=1S/C12H12ClN5/c1-7-10-11(14)15-16-12(10)18(17-7)6-8-4-2-3-5-9(8)13/h2-5H,6H2,1H3,(H3,14,15,16). The van der Waals surface area contributed by atoms with Crippen molar-refractivity contribution in [3.63, 3.8) is 0 Å². The lowest BCUT2D eigenvalue weighted by Gasteiger charge is -2.04. The molecule has 0 bridgehead atoms. The summed E-state index contributed by atoms with van der Waals surface area (Å²) < 4.78 is 1.80. The van der Waals surface area contributed by atoms with E-state index in [1.165, 1.54) is 0 Å². The van der Waals surface area contributed by atoms with E-state index in [2.05, 4.69) is 15.3 Å². The molecule has 0 unspecified atom stereocenters. The van der Waals surface area contributed by atoms with Crippen LogP contribution in [-0.2, 0) is 6.54 Å². The Balaban J connectivity index is 2.08. The molecule has 3 rings (SSSR count). The van der Waals surface area contributed by atoms with Crippen LogP contribution in [0.4, 0.5) is 5.82 Å². The zero-order valence-electron chi connectivity index (χ0n) is 9.81. The molecule has 0 aliphatic rings. The van der Waals surface area contributed by atoms with Gasteiger partial charge in [0.2, 0.25) is 0 Å². The summed E-state index contributed by atoms with van der Waals surface area (Å²) in [5, 5.41) is 13.0. The Morgan fingerprint density at radius 3 is 2.94 bits per heavy atom. The first-order valence-corrected chi connectivity index (χ1v) is 5.95. The van der Waals surface area contributed by atoms with Crippen molar-refractivity contribution in [1.29, 1.82) is 0 Å². The minimum Gasteiger partial charge on any atom is -0.383 e. The molecule has 1 aromatic carbocycles. The fraction of sp³-hybridized carbons (Fsp3) is 0.167. The van der Waals surface area contributed by atoms with Gasteiger partial charge in [-0.15, -0.1) is 0 Å². The van der Waals surface area contributed by atoms with Crippen LogP contribution in [0.5, 0.6) is 0 Å². The van der Waals surface area contributed by atoms with Crippen molar-refractivity contribution < 1.29 is 0 Å². The van der Waals surface area contributed by atoms with Crippen molar-refractivity contribution >= 4 is 28.5 Å². The maximum Gasteiger partial charge on any atom is 0.182 e. The van der Waals surface area contributed by atoms with Crippen LogP contribution in [0, 0.1) is 6.92 Å². The normalized spacial score (nSPS) is 11.2. The van der Waals surface area contributed by atoms with Crippen molar-refractivity contribution in [3.05, 3.63) is 40.5 Å². The number of aryl methyl sites for hydroxylation is 1. The second kappa shape index (κ2) is 4.03. The number of halogens is 1. The van der Waals surface area contributed by atoms with Crippen LogP contribution in [0.2, 0.25) is 5.02 Å². The molecule has 2 heterocycles. The highest BCUT2D eigenvalue weighted by Crippen LogP contribution is 2.23. The summed E-state index contributed by atoms with van der Waals surface area (Å²) in [6.45, 7) is 2.49. The first kappa shape index (κ1) is 11.1. The SMILES string of the molecule is Cc1nn(Cc2ccccc2Cl)c2n[nH]c(N)c12. The molecular formula is C12H12ClN5. The number of aromatic amines is 1. The highest BCUT2D eigenvalue weighted by Gasteiger charge is 2.14. The number of H-pyrrole nitrogens is 1. The third kappa shape index (κ3) is 1.64. The van der Waals surface area contributed by atoms with Gasteiger partial charge in [0.15, 0.2) is 5.65 Å². The zero-order valence-corrected chi connectivity index (χ0v) is 10.6. The number of hydrogen-bond acceptors (Lipinski definition) is 3. The largest absolute Gasteiger partial charge is 0.383 e. The lowest BCUT2D eigenvalue weighted by Crippen LogP contribution is -2.03. The first-order chi connectivity index (χ1) is 8.66. The molecule has 6 heteroatoms. The summed E-state index contributed by atoms with van der Waals surface area (Å²) in [5.74, 6) is 0.549. The summed E-state index contributed by atoms with van der Waals surface area (Å²) in [6.07, 6.45) is 0. The van der Waals surface area contributed by atoms with Crippen LogP contribution in [0.15, 0.2) is 24.3 Å². The fourth-order valence-electron chi connectivity index (χ4n) is 2.07. The van der Waals surface area contributed by atoms with Crippen LogP contribution >= 0.6 is 11.6 Å². The molecule has 18 heavy (non-hydrogen) atoms. The molecule has 3 aromatic rings. The van der Waals surface area contributed by atoms with Gasteiger partial charge in [0.1, 0.15) is 5.82 Å². The fourth-order valence-corrected chi connectivity index (χ4v) is 2.26. The number of benzene rings is 1. The van der Waals surface area contributed by atoms with E-state index in [1.807, 2.05) is 31.2 Å². The molecule has 92 valence electrons. The van der Waals surface area contributed by atoms with E-state index in [0.29, 0.717) is 12.4 Å². The number of fused-ring (bicyclic) bond motifs is 1. The van der Waals surface area contributed by atoms with Crippen LogP contribution in [-0.4, -0.2) is 20.0 Å². The number of nitrogens with two attached hydrogens (primary N) is 1. The van der Waals surface area contributed by atoms with Crippen molar-refractivity contribution in [2.45, 2.75) is 13.5 Å². The Hall–Kier alpha value is -2.01. The van der Waals surface area contributed by atoms with Crippen LogP contribution in [0.1, 0.15) is 11.3 Å². The highest BCUT2D eigenvalue weighted by atomic mass is 35.5. The van der Waals surface area contributed by atoms with Crippen molar-refractivity contribution in [3.8, 4) is 0 Å². The number of aromatic nitrogens is 4. The second-order valence-corrected chi connectivity index (χ2v) is 4.58.